The minimum Gasteiger partial charge on any atom is -0.479 e. The van der Waals surface area contributed by atoms with Crippen LogP contribution in [0.3, 0.4) is 0 Å². The molecule has 1 aromatic rings. The SMILES string of the molecule is CCC(=O)NC(CC)(C(=O)O)c1ccc(Cl)cc1. The summed E-state index contributed by atoms with van der Waals surface area (Å²) in [6, 6.07) is 6.47. The number of nitrogens with one attached hydrogen (secondary N) is 1. The van der Waals surface area contributed by atoms with Gasteiger partial charge in [0.1, 0.15) is 0 Å². The maximum absolute atomic E-state index is 11.5. The summed E-state index contributed by atoms with van der Waals surface area (Å²) < 4.78 is 0. The van der Waals surface area contributed by atoms with Gasteiger partial charge in [-0.05, 0) is 24.1 Å². The summed E-state index contributed by atoms with van der Waals surface area (Å²) in [7, 11) is 0. The van der Waals surface area contributed by atoms with Crippen molar-refractivity contribution in [3.63, 3.8) is 0 Å². The Balaban J connectivity index is 3.22. The maximum Gasteiger partial charge on any atom is 0.334 e. The van der Waals surface area contributed by atoms with Gasteiger partial charge in [0.15, 0.2) is 5.54 Å². The second-order valence-electron chi connectivity index (χ2n) is 3.97. The zero-order valence-corrected chi connectivity index (χ0v) is 11.1. The summed E-state index contributed by atoms with van der Waals surface area (Å²) in [5.41, 5.74) is -0.874. The van der Waals surface area contributed by atoms with Crippen LogP contribution in [0.2, 0.25) is 5.02 Å². The summed E-state index contributed by atoms with van der Waals surface area (Å²) in [4.78, 5) is 23.1. The maximum atomic E-state index is 11.5. The normalized spacial score (nSPS) is 13.7. The number of halogens is 1. The Bertz CT molecular complexity index is 444. The Labute approximate surface area is 111 Å². The molecule has 4 nitrogen and oxygen atoms in total. The van der Waals surface area contributed by atoms with Crippen LogP contribution in [0.15, 0.2) is 24.3 Å². The van der Waals surface area contributed by atoms with Crippen LogP contribution in [0, 0.1) is 0 Å². The average molecular weight is 270 g/mol. The third-order valence-corrected chi connectivity index (χ3v) is 3.16. The van der Waals surface area contributed by atoms with Gasteiger partial charge >= 0.3 is 5.97 Å². The molecule has 1 rings (SSSR count). The number of carbonyl (C=O) groups is 2. The molecule has 0 bridgehead atoms. The quantitative estimate of drug-likeness (QED) is 0.863. The lowest BCUT2D eigenvalue weighted by Crippen LogP contribution is -2.51. The minimum atomic E-state index is -1.39. The molecule has 0 aliphatic rings. The lowest BCUT2D eigenvalue weighted by molar-refractivity contribution is -0.148. The first-order valence-electron chi connectivity index (χ1n) is 5.76. The van der Waals surface area contributed by atoms with Crippen LogP contribution < -0.4 is 5.32 Å². The van der Waals surface area contributed by atoms with Crippen LogP contribution >= 0.6 is 11.6 Å². The molecule has 0 saturated heterocycles. The van der Waals surface area contributed by atoms with Crippen molar-refractivity contribution in [2.45, 2.75) is 32.2 Å². The van der Waals surface area contributed by atoms with Crippen molar-refractivity contribution in [1.29, 1.82) is 0 Å². The molecule has 98 valence electrons. The van der Waals surface area contributed by atoms with Crippen LogP contribution in [-0.2, 0) is 15.1 Å². The Morgan fingerprint density at radius 3 is 2.22 bits per heavy atom. The highest BCUT2D eigenvalue weighted by Crippen LogP contribution is 2.27. The molecule has 0 aliphatic carbocycles. The third-order valence-electron chi connectivity index (χ3n) is 2.91. The first-order valence-corrected chi connectivity index (χ1v) is 6.14. The van der Waals surface area contributed by atoms with E-state index >= 15 is 0 Å². The molecule has 18 heavy (non-hydrogen) atoms. The zero-order valence-electron chi connectivity index (χ0n) is 10.4. The standard InChI is InChI=1S/C13H16ClNO3/c1-3-11(16)15-13(4-2,12(17)18)9-5-7-10(14)8-6-9/h5-8H,3-4H2,1-2H3,(H,15,16)(H,17,18). The summed E-state index contributed by atoms with van der Waals surface area (Å²) in [6.07, 6.45) is 0.498. The van der Waals surface area contributed by atoms with Crippen molar-refractivity contribution in [2.24, 2.45) is 0 Å². The Morgan fingerprint density at radius 1 is 1.28 bits per heavy atom. The second kappa shape index (κ2) is 5.87. The van der Waals surface area contributed by atoms with Gasteiger partial charge in [0, 0.05) is 11.4 Å². The molecule has 0 heterocycles. The molecule has 1 amide bonds. The van der Waals surface area contributed by atoms with E-state index in [4.69, 9.17) is 11.6 Å². The molecule has 1 atom stereocenters. The van der Waals surface area contributed by atoms with E-state index in [0.29, 0.717) is 10.6 Å². The fourth-order valence-electron chi connectivity index (χ4n) is 1.75. The Hall–Kier alpha value is -1.55. The summed E-state index contributed by atoms with van der Waals surface area (Å²) in [5.74, 6) is -1.37. The van der Waals surface area contributed by atoms with E-state index in [2.05, 4.69) is 5.32 Å². The Morgan fingerprint density at radius 2 is 1.83 bits per heavy atom. The fraction of sp³-hybridized carbons (Fsp3) is 0.385. The number of rotatable bonds is 5. The van der Waals surface area contributed by atoms with E-state index in [-0.39, 0.29) is 18.7 Å². The molecule has 1 unspecified atom stereocenters. The average Bonchev–Trinajstić information content (AvgIpc) is 2.36. The highest BCUT2D eigenvalue weighted by atomic mass is 35.5. The molecule has 2 N–H and O–H groups in total. The van der Waals surface area contributed by atoms with Gasteiger partial charge in [-0.1, -0.05) is 37.6 Å². The molecule has 1 aromatic carbocycles. The number of carboxylic acids is 1. The van der Waals surface area contributed by atoms with E-state index in [9.17, 15) is 14.7 Å². The minimum absolute atomic E-state index is 0.239. The lowest BCUT2D eigenvalue weighted by Gasteiger charge is -2.29. The zero-order chi connectivity index (χ0) is 13.8. The van der Waals surface area contributed by atoms with E-state index in [1.807, 2.05) is 0 Å². The monoisotopic (exact) mass is 269 g/mol. The van der Waals surface area contributed by atoms with E-state index in [1.165, 1.54) is 0 Å². The van der Waals surface area contributed by atoms with E-state index in [0.717, 1.165) is 0 Å². The molecular formula is C13H16ClNO3. The molecule has 0 fully saturated rings. The van der Waals surface area contributed by atoms with Gasteiger partial charge in [-0.15, -0.1) is 0 Å². The van der Waals surface area contributed by atoms with E-state index in [1.54, 1.807) is 38.1 Å². The number of aliphatic carboxylic acids is 1. The number of carbonyl (C=O) groups excluding carboxylic acids is 1. The van der Waals surface area contributed by atoms with E-state index < -0.39 is 11.5 Å². The molecular weight excluding hydrogens is 254 g/mol. The molecule has 0 aromatic heterocycles. The first-order chi connectivity index (χ1) is 8.46. The van der Waals surface area contributed by atoms with Gasteiger partial charge in [-0.2, -0.15) is 0 Å². The molecule has 0 spiro atoms. The summed E-state index contributed by atoms with van der Waals surface area (Å²) in [6.45, 7) is 3.40. The third kappa shape index (κ3) is 2.82. The highest BCUT2D eigenvalue weighted by Gasteiger charge is 2.39. The summed E-state index contributed by atoms with van der Waals surface area (Å²) in [5, 5.41) is 12.6. The predicted octanol–water partition coefficient (Wildman–Crippen LogP) is 2.56. The topological polar surface area (TPSA) is 66.4 Å². The van der Waals surface area contributed by atoms with Crippen molar-refractivity contribution in [3.8, 4) is 0 Å². The number of amides is 1. The van der Waals surface area contributed by atoms with Gasteiger partial charge in [0.05, 0.1) is 0 Å². The molecule has 0 saturated carbocycles. The number of hydrogen-bond donors (Lipinski definition) is 2. The van der Waals surface area contributed by atoms with Gasteiger partial charge in [0.25, 0.3) is 0 Å². The largest absolute Gasteiger partial charge is 0.479 e. The number of carboxylic acid groups (broad SMARTS) is 1. The fourth-order valence-corrected chi connectivity index (χ4v) is 1.88. The lowest BCUT2D eigenvalue weighted by atomic mass is 9.87. The van der Waals surface area contributed by atoms with Crippen LogP contribution in [0.5, 0.6) is 0 Å². The van der Waals surface area contributed by atoms with Crippen molar-refractivity contribution >= 4 is 23.5 Å². The van der Waals surface area contributed by atoms with Gasteiger partial charge in [0.2, 0.25) is 5.91 Å². The highest BCUT2D eigenvalue weighted by molar-refractivity contribution is 6.30. The van der Waals surface area contributed by atoms with Crippen LogP contribution in [0.25, 0.3) is 0 Å². The molecule has 0 aliphatic heterocycles. The number of hydrogen-bond acceptors (Lipinski definition) is 2. The second-order valence-corrected chi connectivity index (χ2v) is 4.41. The van der Waals surface area contributed by atoms with Crippen molar-refractivity contribution < 1.29 is 14.7 Å². The van der Waals surface area contributed by atoms with Crippen LogP contribution in [-0.4, -0.2) is 17.0 Å². The van der Waals surface area contributed by atoms with Crippen molar-refractivity contribution in [2.75, 3.05) is 0 Å². The van der Waals surface area contributed by atoms with Gasteiger partial charge in [-0.25, -0.2) is 4.79 Å². The van der Waals surface area contributed by atoms with Crippen LogP contribution in [0.1, 0.15) is 32.3 Å². The van der Waals surface area contributed by atoms with Crippen molar-refractivity contribution in [3.05, 3.63) is 34.9 Å². The van der Waals surface area contributed by atoms with Crippen molar-refractivity contribution in [1.82, 2.24) is 5.32 Å². The van der Waals surface area contributed by atoms with Crippen LogP contribution in [0.4, 0.5) is 0 Å². The van der Waals surface area contributed by atoms with Gasteiger partial charge in [-0.3, -0.25) is 4.79 Å². The molecule has 5 heteroatoms. The smallest absolute Gasteiger partial charge is 0.334 e. The predicted molar refractivity (Wildman–Crippen MR) is 69.5 cm³/mol. The Kier molecular flexibility index (Phi) is 4.73. The van der Waals surface area contributed by atoms with Gasteiger partial charge < -0.3 is 10.4 Å². The first kappa shape index (κ1) is 14.5. The number of benzene rings is 1. The molecule has 0 radical (unpaired) electrons. The summed E-state index contributed by atoms with van der Waals surface area (Å²) >= 11 is 5.78.